The highest BCUT2D eigenvalue weighted by Gasteiger charge is 2.23. The quantitative estimate of drug-likeness (QED) is 0.810. The van der Waals surface area contributed by atoms with Gasteiger partial charge in [-0.15, -0.1) is 0 Å². The van der Waals surface area contributed by atoms with Crippen LogP contribution in [0.3, 0.4) is 0 Å². The van der Waals surface area contributed by atoms with Crippen molar-refractivity contribution < 1.29 is 4.74 Å². The molecule has 0 fully saturated rings. The Morgan fingerprint density at radius 2 is 1.90 bits per heavy atom. The normalized spacial score (nSPS) is 19.0. The molecular weight excluding hydrogens is 361 g/mol. The third kappa shape index (κ3) is 2.99. The first-order valence-corrected chi connectivity index (χ1v) is 8.04. The predicted molar refractivity (Wildman–Crippen MR) is 90.0 cm³/mol. The van der Waals surface area contributed by atoms with Gasteiger partial charge in [-0.25, -0.2) is 0 Å². The van der Waals surface area contributed by atoms with Crippen LogP contribution in [0, 0.1) is 3.57 Å². The van der Waals surface area contributed by atoms with E-state index in [0.29, 0.717) is 5.92 Å². The Bertz CT molecular complexity index is 582. The summed E-state index contributed by atoms with van der Waals surface area (Å²) in [5, 5.41) is 0. The highest BCUT2D eigenvalue weighted by Crippen LogP contribution is 2.38. The summed E-state index contributed by atoms with van der Waals surface area (Å²) in [6.45, 7) is 0.793. The minimum atomic E-state index is 0.0863. The number of halogens is 1. The van der Waals surface area contributed by atoms with E-state index in [1.807, 2.05) is 6.07 Å². The van der Waals surface area contributed by atoms with E-state index >= 15 is 0 Å². The summed E-state index contributed by atoms with van der Waals surface area (Å²) >= 11 is 2.32. The zero-order valence-corrected chi connectivity index (χ0v) is 13.4. The molecule has 2 atom stereocenters. The molecule has 2 aromatic carbocycles. The van der Waals surface area contributed by atoms with E-state index in [1.54, 1.807) is 0 Å². The van der Waals surface area contributed by atoms with E-state index in [0.717, 1.165) is 25.2 Å². The highest BCUT2D eigenvalue weighted by atomic mass is 127. The third-order valence-electron chi connectivity index (χ3n) is 3.92. The highest BCUT2D eigenvalue weighted by molar-refractivity contribution is 14.1. The molecule has 2 N–H and O–H groups in total. The van der Waals surface area contributed by atoms with Gasteiger partial charge in [0.1, 0.15) is 5.75 Å². The molecule has 0 saturated carbocycles. The topological polar surface area (TPSA) is 35.2 Å². The van der Waals surface area contributed by atoms with Crippen molar-refractivity contribution in [2.24, 2.45) is 5.73 Å². The molecular formula is C17H18INO. The lowest BCUT2D eigenvalue weighted by atomic mass is 9.86. The molecule has 104 valence electrons. The molecule has 0 amide bonds. The van der Waals surface area contributed by atoms with E-state index in [1.165, 1.54) is 14.7 Å². The molecule has 0 spiro atoms. The van der Waals surface area contributed by atoms with Crippen LogP contribution in [0.4, 0.5) is 0 Å². The van der Waals surface area contributed by atoms with E-state index in [2.05, 4.69) is 65.1 Å². The second-order valence-corrected chi connectivity index (χ2v) is 6.51. The number of ether oxygens (including phenoxy) is 1. The van der Waals surface area contributed by atoms with Gasteiger partial charge < -0.3 is 10.5 Å². The van der Waals surface area contributed by atoms with Gasteiger partial charge in [0, 0.05) is 9.61 Å². The van der Waals surface area contributed by atoms with Crippen LogP contribution in [0.5, 0.6) is 5.75 Å². The molecule has 20 heavy (non-hydrogen) atoms. The molecule has 1 heterocycles. The van der Waals surface area contributed by atoms with Gasteiger partial charge in [-0.05, 0) is 70.7 Å². The van der Waals surface area contributed by atoms with Crippen LogP contribution in [-0.4, -0.2) is 6.61 Å². The van der Waals surface area contributed by atoms with Gasteiger partial charge in [-0.2, -0.15) is 0 Å². The smallest absolute Gasteiger partial charge is 0.122 e. The molecule has 0 aromatic heterocycles. The molecule has 1 aliphatic heterocycles. The third-order valence-corrected chi connectivity index (χ3v) is 4.64. The lowest BCUT2D eigenvalue weighted by Crippen LogP contribution is -2.20. The van der Waals surface area contributed by atoms with Crippen LogP contribution in [0.2, 0.25) is 0 Å². The maximum atomic E-state index is 6.39. The van der Waals surface area contributed by atoms with Gasteiger partial charge in [0.2, 0.25) is 0 Å². The maximum absolute atomic E-state index is 6.39. The first-order chi connectivity index (χ1) is 9.74. The summed E-state index contributed by atoms with van der Waals surface area (Å²) in [7, 11) is 0. The SMILES string of the molecule is NC(CC1CCOc2ccccc21)c1ccc(I)cc1. The van der Waals surface area contributed by atoms with Gasteiger partial charge in [-0.3, -0.25) is 0 Å². The van der Waals surface area contributed by atoms with Crippen molar-refractivity contribution in [1.82, 2.24) is 0 Å². The fraction of sp³-hybridized carbons (Fsp3) is 0.294. The van der Waals surface area contributed by atoms with Crippen molar-refractivity contribution in [2.75, 3.05) is 6.61 Å². The maximum Gasteiger partial charge on any atom is 0.122 e. The van der Waals surface area contributed by atoms with Crippen LogP contribution in [-0.2, 0) is 0 Å². The molecule has 2 aromatic rings. The minimum absolute atomic E-state index is 0.0863. The second kappa shape index (κ2) is 6.14. The molecule has 0 radical (unpaired) electrons. The predicted octanol–water partition coefficient (Wildman–Crippen LogP) is 4.25. The molecule has 3 heteroatoms. The van der Waals surface area contributed by atoms with Crippen molar-refractivity contribution in [2.45, 2.75) is 24.8 Å². The second-order valence-electron chi connectivity index (χ2n) is 5.27. The molecule has 3 rings (SSSR count). The van der Waals surface area contributed by atoms with Gasteiger partial charge in [0.25, 0.3) is 0 Å². The largest absolute Gasteiger partial charge is 0.493 e. The van der Waals surface area contributed by atoms with Gasteiger partial charge in [-0.1, -0.05) is 30.3 Å². The first-order valence-electron chi connectivity index (χ1n) is 6.97. The zero-order chi connectivity index (χ0) is 13.9. The molecule has 1 aliphatic rings. The number of benzene rings is 2. The van der Waals surface area contributed by atoms with Crippen molar-refractivity contribution in [3.05, 3.63) is 63.2 Å². The lowest BCUT2D eigenvalue weighted by molar-refractivity contribution is 0.259. The van der Waals surface area contributed by atoms with Crippen molar-refractivity contribution in [3.8, 4) is 5.75 Å². The monoisotopic (exact) mass is 379 g/mol. The van der Waals surface area contributed by atoms with Gasteiger partial charge in [0.05, 0.1) is 6.61 Å². The van der Waals surface area contributed by atoms with E-state index in [9.17, 15) is 0 Å². The number of rotatable bonds is 3. The lowest BCUT2D eigenvalue weighted by Gasteiger charge is -2.28. The summed E-state index contributed by atoms with van der Waals surface area (Å²) in [5.41, 5.74) is 8.91. The van der Waals surface area contributed by atoms with E-state index in [-0.39, 0.29) is 6.04 Å². The van der Waals surface area contributed by atoms with Gasteiger partial charge in [0.15, 0.2) is 0 Å². The number of para-hydroxylation sites is 1. The molecule has 2 unspecified atom stereocenters. The summed E-state index contributed by atoms with van der Waals surface area (Å²) in [5.74, 6) is 1.52. The Morgan fingerprint density at radius 3 is 2.70 bits per heavy atom. The Balaban J connectivity index is 1.77. The Kier molecular flexibility index (Phi) is 4.27. The molecule has 0 saturated heterocycles. The van der Waals surface area contributed by atoms with Crippen LogP contribution in [0.25, 0.3) is 0 Å². The van der Waals surface area contributed by atoms with Crippen LogP contribution in [0.15, 0.2) is 48.5 Å². The average molecular weight is 379 g/mol. The Hall–Kier alpha value is -1.07. The number of nitrogens with two attached hydrogens (primary N) is 1. The fourth-order valence-electron chi connectivity index (χ4n) is 2.81. The van der Waals surface area contributed by atoms with E-state index in [4.69, 9.17) is 10.5 Å². The standard InChI is InChI=1S/C17H18INO/c18-14-7-5-12(6-8-14)16(19)11-13-9-10-20-17-4-2-1-3-15(13)17/h1-8,13,16H,9-11,19H2. The Labute approximate surface area is 133 Å². The number of fused-ring (bicyclic) bond motifs is 1. The molecule has 0 bridgehead atoms. The number of hydrogen-bond donors (Lipinski definition) is 1. The van der Waals surface area contributed by atoms with Crippen molar-refractivity contribution >= 4 is 22.6 Å². The van der Waals surface area contributed by atoms with Crippen molar-refractivity contribution in [3.63, 3.8) is 0 Å². The van der Waals surface area contributed by atoms with E-state index < -0.39 is 0 Å². The minimum Gasteiger partial charge on any atom is -0.493 e. The zero-order valence-electron chi connectivity index (χ0n) is 11.3. The van der Waals surface area contributed by atoms with Crippen molar-refractivity contribution in [1.29, 1.82) is 0 Å². The van der Waals surface area contributed by atoms with Crippen LogP contribution < -0.4 is 10.5 Å². The molecule has 0 aliphatic carbocycles. The van der Waals surface area contributed by atoms with Crippen LogP contribution >= 0.6 is 22.6 Å². The van der Waals surface area contributed by atoms with Crippen LogP contribution in [0.1, 0.15) is 35.9 Å². The number of hydrogen-bond acceptors (Lipinski definition) is 2. The fourth-order valence-corrected chi connectivity index (χ4v) is 3.17. The average Bonchev–Trinajstić information content (AvgIpc) is 2.48. The summed E-state index contributed by atoms with van der Waals surface area (Å²) in [6, 6.07) is 16.9. The molecule has 2 nitrogen and oxygen atoms in total. The van der Waals surface area contributed by atoms with Gasteiger partial charge >= 0.3 is 0 Å². The summed E-state index contributed by atoms with van der Waals surface area (Å²) < 4.78 is 6.96. The Morgan fingerprint density at radius 1 is 1.15 bits per heavy atom. The summed E-state index contributed by atoms with van der Waals surface area (Å²) in [4.78, 5) is 0. The first kappa shape index (κ1) is 13.9. The summed E-state index contributed by atoms with van der Waals surface area (Å²) in [6.07, 6.45) is 2.02.